The first-order valence-electron chi connectivity index (χ1n) is 7.78. The molecular formula is C17H21N3O. The number of pyridine rings is 1. The van der Waals surface area contributed by atoms with Gasteiger partial charge in [-0.3, -0.25) is 4.79 Å². The number of likely N-dealkylation sites (N-methyl/N-ethyl adjacent to an activating group) is 1. The molecule has 3 aliphatic heterocycles. The third kappa shape index (κ3) is 2.14. The highest BCUT2D eigenvalue weighted by atomic mass is 16.2. The Hall–Kier alpha value is -1.81. The van der Waals surface area contributed by atoms with Gasteiger partial charge in [0.05, 0.1) is 5.56 Å². The topological polar surface area (TPSA) is 28.0 Å². The average molecular weight is 283 g/mol. The molecule has 0 aromatic carbocycles. The maximum absolute atomic E-state index is 12.8. The van der Waals surface area contributed by atoms with Crippen molar-refractivity contribution >= 4 is 11.4 Å². The molecule has 2 bridgehead atoms. The second kappa shape index (κ2) is 4.88. The van der Waals surface area contributed by atoms with E-state index in [9.17, 15) is 4.79 Å². The zero-order valence-electron chi connectivity index (χ0n) is 12.4. The van der Waals surface area contributed by atoms with E-state index in [1.54, 1.807) is 0 Å². The summed E-state index contributed by atoms with van der Waals surface area (Å²) < 4.78 is 2.01. The Morgan fingerprint density at radius 3 is 2.76 bits per heavy atom. The Balaban J connectivity index is 1.58. The predicted molar refractivity (Wildman–Crippen MR) is 82.4 cm³/mol. The van der Waals surface area contributed by atoms with Crippen LogP contribution in [0.3, 0.4) is 0 Å². The smallest absolute Gasteiger partial charge is 0.255 e. The van der Waals surface area contributed by atoms with Crippen LogP contribution in [0.4, 0.5) is 0 Å². The number of amides is 1. The zero-order valence-corrected chi connectivity index (χ0v) is 12.4. The van der Waals surface area contributed by atoms with Crippen LogP contribution < -0.4 is 0 Å². The van der Waals surface area contributed by atoms with E-state index < -0.39 is 0 Å². The normalized spacial score (nSPS) is 28.0. The van der Waals surface area contributed by atoms with Gasteiger partial charge in [0.1, 0.15) is 0 Å². The number of fused-ring (bicyclic) bond motifs is 4. The lowest BCUT2D eigenvalue weighted by atomic mass is 9.83. The van der Waals surface area contributed by atoms with Gasteiger partial charge in [-0.1, -0.05) is 0 Å². The standard InChI is InChI=1S/C17H21N3O/c1-18(16-12-19-9-6-13(16)7-10-19)17(21)14-4-5-15-3-2-8-20(15)11-14/h2-5,8,11,13,16H,6-7,9-10,12H2,1H3/t16-/m0/s1. The summed E-state index contributed by atoms with van der Waals surface area (Å²) in [5, 5.41) is 0. The average Bonchev–Trinajstić information content (AvgIpc) is 3.02. The quantitative estimate of drug-likeness (QED) is 0.844. The van der Waals surface area contributed by atoms with Crippen molar-refractivity contribution < 1.29 is 4.79 Å². The molecule has 3 aliphatic rings. The van der Waals surface area contributed by atoms with Crippen molar-refractivity contribution in [3.8, 4) is 0 Å². The van der Waals surface area contributed by atoms with Crippen LogP contribution in [0.25, 0.3) is 5.52 Å². The van der Waals surface area contributed by atoms with Crippen LogP contribution in [0.1, 0.15) is 23.2 Å². The maximum Gasteiger partial charge on any atom is 0.255 e. The van der Waals surface area contributed by atoms with Crippen LogP contribution in [0.5, 0.6) is 0 Å². The fraction of sp³-hybridized carbons (Fsp3) is 0.471. The molecule has 1 atom stereocenters. The SMILES string of the molecule is CN(C(=O)c1ccc2cccn2c1)[C@H]1CN2CCC1CC2. The van der Waals surface area contributed by atoms with E-state index in [0.717, 1.165) is 17.6 Å². The van der Waals surface area contributed by atoms with E-state index in [2.05, 4.69) is 4.90 Å². The predicted octanol–water partition coefficient (Wildman–Crippen LogP) is 2.11. The molecule has 0 spiro atoms. The molecule has 4 nitrogen and oxygen atoms in total. The molecule has 110 valence electrons. The minimum absolute atomic E-state index is 0.143. The van der Waals surface area contributed by atoms with Gasteiger partial charge in [0.15, 0.2) is 0 Å². The first kappa shape index (κ1) is 12.9. The lowest BCUT2D eigenvalue weighted by Gasteiger charge is -2.48. The number of rotatable bonds is 2. The maximum atomic E-state index is 12.8. The van der Waals surface area contributed by atoms with Crippen molar-refractivity contribution in [2.75, 3.05) is 26.7 Å². The molecular weight excluding hydrogens is 262 g/mol. The van der Waals surface area contributed by atoms with Gasteiger partial charge >= 0.3 is 0 Å². The molecule has 1 amide bonds. The number of hydrogen-bond acceptors (Lipinski definition) is 2. The fourth-order valence-corrected chi connectivity index (χ4v) is 3.89. The molecule has 2 aromatic heterocycles. The zero-order chi connectivity index (χ0) is 14.4. The van der Waals surface area contributed by atoms with Gasteiger partial charge in [-0.05, 0) is 56.1 Å². The van der Waals surface area contributed by atoms with Crippen molar-refractivity contribution in [3.05, 3.63) is 42.2 Å². The highest BCUT2D eigenvalue weighted by Crippen LogP contribution is 2.31. The molecule has 3 saturated heterocycles. The fourth-order valence-electron chi connectivity index (χ4n) is 3.89. The highest BCUT2D eigenvalue weighted by Gasteiger charge is 2.37. The summed E-state index contributed by atoms with van der Waals surface area (Å²) in [4.78, 5) is 17.2. The Bertz CT molecular complexity index is 669. The van der Waals surface area contributed by atoms with Gasteiger partial charge in [0.2, 0.25) is 0 Å². The molecule has 3 fully saturated rings. The monoisotopic (exact) mass is 283 g/mol. The van der Waals surface area contributed by atoms with E-state index in [1.165, 1.54) is 25.9 Å². The molecule has 0 N–H and O–H groups in total. The van der Waals surface area contributed by atoms with Crippen molar-refractivity contribution in [2.24, 2.45) is 5.92 Å². The molecule has 0 saturated carbocycles. The Kier molecular flexibility index (Phi) is 3.00. The van der Waals surface area contributed by atoms with Crippen LogP contribution >= 0.6 is 0 Å². The highest BCUT2D eigenvalue weighted by molar-refractivity contribution is 5.94. The molecule has 21 heavy (non-hydrogen) atoms. The number of carbonyl (C=O) groups excluding carboxylic acids is 1. The Labute approximate surface area is 125 Å². The molecule has 0 unspecified atom stereocenters. The molecule has 2 aromatic rings. The second-order valence-electron chi connectivity index (χ2n) is 6.38. The summed E-state index contributed by atoms with van der Waals surface area (Å²) >= 11 is 0. The van der Waals surface area contributed by atoms with Crippen LogP contribution in [0, 0.1) is 5.92 Å². The Morgan fingerprint density at radius 1 is 1.24 bits per heavy atom. The third-order valence-corrected chi connectivity index (χ3v) is 5.21. The molecule has 0 radical (unpaired) electrons. The third-order valence-electron chi connectivity index (χ3n) is 5.21. The van der Waals surface area contributed by atoms with Gasteiger partial charge in [0.25, 0.3) is 5.91 Å². The molecule has 4 heteroatoms. The van der Waals surface area contributed by atoms with E-state index in [1.807, 2.05) is 53.0 Å². The van der Waals surface area contributed by atoms with Crippen molar-refractivity contribution in [1.29, 1.82) is 0 Å². The summed E-state index contributed by atoms with van der Waals surface area (Å²) in [6.07, 6.45) is 6.40. The van der Waals surface area contributed by atoms with Crippen LogP contribution in [0.2, 0.25) is 0 Å². The van der Waals surface area contributed by atoms with Crippen molar-refractivity contribution in [1.82, 2.24) is 14.2 Å². The van der Waals surface area contributed by atoms with Crippen molar-refractivity contribution in [3.63, 3.8) is 0 Å². The van der Waals surface area contributed by atoms with Crippen LogP contribution in [-0.4, -0.2) is 52.8 Å². The van der Waals surface area contributed by atoms with E-state index >= 15 is 0 Å². The minimum atomic E-state index is 0.143. The van der Waals surface area contributed by atoms with Gasteiger partial charge < -0.3 is 14.2 Å². The van der Waals surface area contributed by atoms with E-state index in [0.29, 0.717) is 12.0 Å². The van der Waals surface area contributed by atoms with Crippen LogP contribution in [-0.2, 0) is 0 Å². The van der Waals surface area contributed by atoms with Crippen molar-refractivity contribution in [2.45, 2.75) is 18.9 Å². The second-order valence-corrected chi connectivity index (χ2v) is 6.38. The number of carbonyl (C=O) groups is 1. The lowest BCUT2D eigenvalue weighted by molar-refractivity contribution is 0.0162. The number of hydrogen-bond donors (Lipinski definition) is 0. The summed E-state index contributed by atoms with van der Waals surface area (Å²) in [6.45, 7) is 3.45. The van der Waals surface area contributed by atoms with E-state index in [-0.39, 0.29) is 5.91 Å². The first-order valence-corrected chi connectivity index (χ1v) is 7.78. The number of aromatic nitrogens is 1. The van der Waals surface area contributed by atoms with Crippen LogP contribution in [0.15, 0.2) is 36.7 Å². The molecule has 5 rings (SSSR count). The largest absolute Gasteiger partial charge is 0.337 e. The van der Waals surface area contributed by atoms with Gasteiger partial charge in [-0.15, -0.1) is 0 Å². The van der Waals surface area contributed by atoms with Gasteiger partial charge in [0, 0.05) is 37.5 Å². The number of piperidine rings is 3. The summed E-state index contributed by atoms with van der Waals surface area (Å²) in [5.41, 5.74) is 1.90. The molecule has 5 heterocycles. The summed E-state index contributed by atoms with van der Waals surface area (Å²) in [7, 11) is 1.97. The molecule has 0 aliphatic carbocycles. The summed E-state index contributed by atoms with van der Waals surface area (Å²) in [5.74, 6) is 0.823. The van der Waals surface area contributed by atoms with Gasteiger partial charge in [-0.25, -0.2) is 0 Å². The van der Waals surface area contributed by atoms with Gasteiger partial charge in [-0.2, -0.15) is 0 Å². The van der Waals surface area contributed by atoms with E-state index in [4.69, 9.17) is 0 Å². The minimum Gasteiger partial charge on any atom is -0.337 e. The number of nitrogens with zero attached hydrogens (tertiary/aromatic N) is 3. The lowest BCUT2D eigenvalue weighted by Crippen LogP contribution is -2.57. The summed E-state index contributed by atoms with van der Waals surface area (Å²) in [6, 6.07) is 8.37. The first-order chi connectivity index (χ1) is 10.2. The Morgan fingerprint density at radius 2 is 2.05 bits per heavy atom.